The third-order valence-corrected chi connectivity index (χ3v) is 6.81. The molecule has 0 aliphatic carbocycles. The molecule has 2 aromatic heterocycles. The summed E-state index contributed by atoms with van der Waals surface area (Å²) < 4.78 is 4.99. The van der Waals surface area contributed by atoms with Crippen molar-refractivity contribution in [2.75, 3.05) is 0 Å². The van der Waals surface area contributed by atoms with Gasteiger partial charge in [0.05, 0.1) is 0 Å². The molecular formula is C20H15N2Se+. The van der Waals surface area contributed by atoms with Crippen molar-refractivity contribution in [3.8, 4) is 17.3 Å². The number of nitrogens with zero attached hydrogens (tertiary/aromatic N) is 2. The van der Waals surface area contributed by atoms with Gasteiger partial charge in [0.2, 0.25) is 0 Å². The van der Waals surface area contributed by atoms with Gasteiger partial charge < -0.3 is 0 Å². The Morgan fingerprint density at radius 1 is 1.04 bits per heavy atom. The standard InChI is InChI=1S/C20H15N2Se/c1-13-6-8-15-16-11-14(12-21)7-9-18(16)23-20(15)19(13)17-5-3-4-10-22(17)2/h3-11H,1-2H3/q+1. The van der Waals surface area contributed by atoms with Crippen LogP contribution in [0.1, 0.15) is 11.1 Å². The Morgan fingerprint density at radius 3 is 2.70 bits per heavy atom. The van der Waals surface area contributed by atoms with Crippen LogP contribution in [0.5, 0.6) is 0 Å². The molecule has 0 aliphatic heterocycles. The average molecular weight is 362 g/mol. The van der Waals surface area contributed by atoms with Crippen LogP contribution in [0, 0.1) is 18.3 Å². The Kier molecular flexibility index (Phi) is 3.31. The van der Waals surface area contributed by atoms with Crippen LogP contribution in [-0.4, -0.2) is 14.5 Å². The van der Waals surface area contributed by atoms with Gasteiger partial charge in [0.1, 0.15) is 0 Å². The van der Waals surface area contributed by atoms with E-state index in [9.17, 15) is 5.26 Å². The van der Waals surface area contributed by atoms with Crippen molar-refractivity contribution in [2.24, 2.45) is 7.05 Å². The van der Waals surface area contributed by atoms with Crippen molar-refractivity contribution in [2.45, 2.75) is 6.92 Å². The fraction of sp³-hybridized carbons (Fsp3) is 0.100. The fourth-order valence-electron chi connectivity index (χ4n) is 3.11. The van der Waals surface area contributed by atoms with Crippen LogP contribution in [0.4, 0.5) is 0 Å². The molecule has 0 unspecified atom stereocenters. The van der Waals surface area contributed by atoms with E-state index in [1.807, 2.05) is 12.1 Å². The molecule has 0 amide bonds. The summed E-state index contributed by atoms with van der Waals surface area (Å²) in [6, 6.07) is 19.1. The minimum atomic E-state index is 0.281. The zero-order valence-electron chi connectivity index (χ0n) is 13.0. The van der Waals surface area contributed by atoms with Crippen molar-refractivity contribution in [3.63, 3.8) is 0 Å². The summed E-state index contributed by atoms with van der Waals surface area (Å²) in [5.74, 6) is 0. The van der Waals surface area contributed by atoms with Gasteiger partial charge in [-0.15, -0.1) is 0 Å². The van der Waals surface area contributed by atoms with E-state index in [0.717, 1.165) is 5.56 Å². The Bertz CT molecular complexity index is 1100. The molecule has 2 aromatic carbocycles. The van der Waals surface area contributed by atoms with E-state index >= 15 is 0 Å². The van der Waals surface area contributed by atoms with E-state index in [4.69, 9.17) is 0 Å². The second-order valence-corrected chi connectivity index (χ2v) is 7.96. The molecular weight excluding hydrogens is 347 g/mol. The predicted molar refractivity (Wildman–Crippen MR) is 94.5 cm³/mol. The molecule has 0 saturated carbocycles. The molecule has 0 spiro atoms. The van der Waals surface area contributed by atoms with Crippen LogP contribution in [-0.2, 0) is 7.05 Å². The Labute approximate surface area is 141 Å². The topological polar surface area (TPSA) is 27.7 Å². The van der Waals surface area contributed by atoms with Gasteiger partial charge >= 0.3 is 141 Å². The van der Waals surface area contributed by atoms with Crippen LogP contribution in [0.25, 0.3) is 30.6 Å². The van der Waals surface area contributed by atoms with Crippen molar-refractivity contribution in [1.82, 2.24) is 0 Å². The molecule has 3 heteroatoms. The van der Waals surface area contributed by atoms with Gasteiger partial charge in [0, 0.05) is 0 Å². The quantitative estimate of drug-likeness (QED) is 0.375. The van der Waals surface area contributed by atoms with Crippen molar-refractivity contribution >= 4 is 33.8 Å². The summed E-state index contributed by atoms with van der Waals surface area (Å²) in [7, 11) is 2.09. The number of hydrogen-bond acceptors (Lipinski definition) is 1. The number of rotatable bonds is 1. The molecule has 4 aromatic rings. The normalized spacial score (nSPS) is 11.0. The molecule has 0 aliphatic rings. The van der Waals surface area contributed by atoms with Crippen molar-refractivity contribution in [3.05, 3.63) is 65.9 Å². The third-order valence-electron chi connectivity index (χ3n) is 4.29. The molecule has 4 rings (SSSR count). The summed E-state index contributed by atoms with van der Waals surface area (Å²) >= 11 is 0.281. The molecule has 0 radical (unpaired) electrons. The number of aryl methyl sites for hydroxylation is 2. The Balaban J connectivity index is 2.15. The number of pyridine rings is 1. The van der Waals surface area contributed by atoms with Gasteiger partial charge in [0.15, 0.2) is 0 Å². The van der Waals surface area contributed by atoms with E-state index in [-0.39, 0.29) is 14.5 Å². The Morgan fingerprint density at radius 2 is 1.91 bits per heavy atom. The van der Waals surface area contributed by atoms with Crippen LogP contribution < -0.4 is 4.57 Å². The predicted octanol–water partition coefficient (Wildman–Crippen LogP) is 3.72. The van der Waals surface area contributed by atoms with E-state index in [1.54, 1.807) is 0 Å². The summed E-state index contributed by atoms with van der Waals surface area (Å²) in [5, 5.41) is 11.7. The van der Waals surface area contributed by atoms with Crippen LogP contribution in [0.15, 0.2) is 54.7 Å². The molecule has 2 nitrogen and oxygen atoms in total. The first-order chi connectivity index (χ1) is 11.2. The summed E-state index contributed by atoms with van der Waals surface area (Å²) in [5.41, 5.74) is 4.64. The fourth-order valence-corrected chi connectivity index (χ4v) is 5.82. The first-order valence-electron chi connectivity index (χ1n) is 7.50. The minimum absolute atomic E-state index is 0.281. The van der Waals surface area contributed by atoms with E-state index < -0.39 is 0 Å². The number of fused-ring (bicyclic) bond motifs is 3. The summed E-state index contributed by atoms with van der Waals surface area (Å²) in [6.45, 7) is 2.18. The van der Waals surface area contributed by atoms with E-state index in [1.165, 1.54) is 36.1 Å². The monoisotopic (exact) mass is 363 g/mol. The summed E-state index contributed by atoms with van der Waals surface area (Å²) in [6.07, 6.45) is 2.09. The van der Waals surface area contributed by atoms with Crippen molar-refractivity contribution < 1.29 is 4.57 Å². The van der Waals surface area contributed by atoms with Crippen LogP contribution in [0.3, 0.4) is 0 Å². The van der Waals surface area contributed by atoms with Crippen LogP contribution in [0.2, 0.25) is 0 Å². The first-order valence-corrected chi connectivity index (χ1v) is 9.21. The van der Waals surface area contributed by atoms with E-state index in [2.05, 4.69) is 67.2 Å². The number of aromatic nitrogens is 1. The van der Waals surface area contributed by atoms with Gasteiger partial charge in [-0.05, 0) is 0 Å². The van der Waals surface area contributed by atoms with Crippen molar-refractivity contribution in [1.29, 1.82) is 5.26 Å². The molecule has 0 bridgehead atoms. The second-order valence-electron chi connectivity index (χ2n) is 5.76. The molecule has 0 atom stereocenters. The number of benzene rings is 2. The van der Waals surface area contributed by atoms with Gasteiger partial charge in [0.25, 0.3) is 0 Å². The molecule has 0 fully saturated rings. The molecule has 2 heterocycles. The average Bonchev–Trinajstić information content (AvgIpc) is 2.93. The second kappa shape index (κ2) is 5.35. The molecule has 0 saturated heterocycles. The van der Waals surface area contributed by atoms with Gasteiger partial charge in [-0.1, -0.05) is 0 Å². The first kappa shape index (κ1) is 14.2. The third kappa shape index (κ3) is 2.19. The maximum absolute atomic E-state index is 9.18. The number of nitriles is 1. The zero-order chi connectivity index (χ0) is 16.0. The SMILES string of the molecule is Cc1ccc2c([se]c3ccc(C#N)cc32)c1-c1cccc[n+]1C. The molecule has 110 valence electrons. The summed E-state index contributed by atoms with van der Waals surface area (Å²) in [4.78, 5) is 0. The zero-order valence-corrected chi connectivity index (χ0v) is 14.7. The van der Waals surface area contributed by atoms with Gasteiger partial charge in [-0.25, -0.2) is 0 Å². The Hall–Kier alpha value is -2.40. The van der Waals surface area contributed by atoms with Gasteiger partial charge in [-0.3, -0.25) is 0 Å². The number of hydrogen-bond donors (Lipinski definition) is 0. The molecule has 0 N–H and O–H groups in total. The maximum atomic E-state index is 9.18. The van der Waals surface area contributed by atoms with Crippen LogP contribution >= 0.6 is 0 Å². The van der Waals surface area contributed by atoms with Gasteiger partial charge in [-0.2, -0.15) is 0 Å². The molecule has 23 heavy (non-hydrogen) atoms. The van der Waals surface area contributed by atoms with E-state index in [0.29, 0.717) is 0 Å².